The van der Waals surface area contributed by atoms with Gasteiger partial charge in [0, 0.05) is 30.5 Å². The van der Waals surface area contributed by atoms with Gasteiger partial charge < -0.3 is 9.84 Å². The number of aryl methyl sites for hydroxylation is 1. The Morgan fingerprint density at radius 2 is 2.05 bits per heavy atom. The summed E-state index contributed by atoms with van der Waals surface area (Å²) in [5, 5.41) is 10.3. The van der Waals surface area contributed by atoms with Gasteiger partial charge in [0.05, 0.1) is 5.69 Å². The van der Waals surface area contributed by atoms with E-state index in [1.807, 2.05) is 25.1 Å². The number of benzene rings is 1. The summed E-state index contributed by atoms with van der Waals surface area (Å²) in [4.78, 5) is 8.80. The number of aromatic nitrogens is 3. The zero-order valence-electron chi connectivity index (χ0n) is 11.7. The molecule has 2 aromatic heterocycles. The smallest absolute Gasteiger partial charge is 0.227 e. The summed E-state index contributed by atoms with van der Waals surface area (Å²) in [6.07, 6.45) is 0.734. The lowest BCUT2D eigenvalue weighted by molar-refractivity contribution is 0.372. The third-order valence-corrected chi connectivity index (χ3v) is 3.83. The Balaban J connectivity index is 1.49. The van der Waals surface area contributed by atoms with Crippen LogP contribution in [0.1, 0.15) is 16.7 Å². The first-order chi connectivity index (χ1) is 10.3. The number of hydrogen-bond acceptors (Lipinski definition) is 6. The van der Waals surface area contributed by atoms with E-state index in [4.69, 9.17) is 4.52 Å². The molecule has 0 aliphatic carbocycles. The van der Waals surface area contributed by atoms with Gasteiger partial charge in [0.25, 0.3) is 0 Å². The molecule has 0 amide bonds. The molecule has 0 aliphatic rings. The Kier molecular flexibility index (Phi) is 4.37. The first-order valence-electron chi connectivity index (χ1n) is 6.81. The van der Waals surface area contributed by atoms with Gasteiger partial charge in [-0.15, -0.1) is 11.3 Å². The summed E-state index contributed by atoms with van der Waals surface area (Å²) in [6.45, 7) is 3.37. The van der Waals surface area contributed by atoms with Crippen molar-refractivity contribution in [2.24, 2.45) is 0 Å². The molecule has 0 fully saturated rings. The fourth-order valence-corrected chi connectivity index (χ4v) is 2.74. The van der Waals surface area contributed by atoms with Gasteiger partial charge in [0.2, 0.25) is 5.89 Å². The van der Waals surface area contributed by atoms with Crippen LogP contribution in [0.25, 0.3) is 11.3 Å². The van der Waals surface area contributed by atoms with E-state index in [0.29, 0.717) is 11.7 Å². The molecule has 0 unspecified atom stereocenters. The molecular formula is C15H16N4OS. The Morgan fingerprint density at radius 3 is 2.81 bits per heavy atom. The third kappa shape index (κ3) is 3.74. The first-order valence-corrected chi connectivity index (χ1v) is 7.69. The molecule has 0 bridgehead atoms. The van der Waals surface area contributed by atoms with E-state index in [1.165, 1.54) is 0 Å². The molecule has 1 N–H and O–H groups in total. The molecule has 1 aromatic carbocycles. The van der Waals surface area contributed by atoms with Gasteiger partial charge in [-0.05, 0) is 6.92 Å². The van der Waals surface area contributed by atoms with Crippen LogP contribution in [0, 0.1) is 6.92 Å². The minimum atomic E-state index is 0.670. The zero-order valence-corrected chi connectivity index (χ0v) is 12.6. The van der Waals surface area contributed by atoms with E-state index in [-0.39, 0.29) is 0 Å². The van der Waals surface area contributed by atoms with Crippen molar-refractivity contribution >= 4 is 11.3 Å². The Labute approximate surface area is 127 Å². The summed E-state index contributed by atoms with van der Waals surface area (Å²) < 4.78 is 5.06. The molecule has 2 heterocycles. The van der Waals surface area contributed by atoms with Crippen LogP contribution in [0.5, 0.6) is 0 Å². The van der Waals surface area contributed by atoms with Crippen molar-refractivity contribution in [2.75, 3.05) is 6.54 Å². The second kappa shape index (κ2) is 6.60. The highest BCUT2D eigenvalue weighted by Crippen LogP contribution is 2.21. The predicted octanol–water partition coefficient (Wildman–Crippen LogP) is 2.83. The summed E-state index contributed by atoms with van der Waals surface area (Å²) in [7, 11) is 0. The predicted molar refractivity (Wildman–Crippen MR) is 82.0 cm³/mol. The highest BCUT2D eigenvalue weighted by Gasteiger charge is 2.05. The molecule has 0 saturated heterocycles. The fraction of sp³-hybridized carbons (Fsp3) is 0.267. The molecule has 6 heteroatoms. The van der Waals surface area contributed by atoms with Crippen molar-refractivity contribution < 1.29 is 4.52 Å². The van der Waals surface area contributed by atoms with E-state index >= 15 is 0 Å². The maximum absolute atomic E-state index is 5.06. The molecule has 0 saturated carbocycles. The number of nitrogens with zero attached hydrogens (tertiary/aromatic N) is 3. The van der Waals surface area contributed by atoms with Gasteiger partial charge in [0.1, 0.15) is 5.01 Å². The average molecular weight is 300 g/mol. The summed E-state index contributed by atoms with van der Waals surface area (Å²) in [5.74, 6) is 1.35. The van der Waals surface area contributed by atoms with Crippen LogP contribution in [0.15, 0.2) is 40.2 Å². The molecule has 108 valence electrons. The molecule has 0 aliphatic heterocycles. The highest BCUT2D eigenvalue weighted by atomic mass is 32.1. The van der Waals surface area contributed by atoms with Crippen LogP contribution in [0.3, 0.4) is 0 Å². The lowest BCUT2D eigenvalue weighted by atomic mass is 10.2. The van der Waals surface area contributed by atoms with E-state index in [9.17, 15) is 0 Å². The standard InChI is InChI=1S/C15H16N4OS/c1-11-17-14(20-19-11)7-8-16-9-15-18-13(10-21-15)12-5-3-2-4-6-12/h2-6,10,16H,7-9H2,1H3. The zero-order chi connectivity index (χ0) is 14.5. The van der Waals surface area contributed by atoms with Crippen molar-refractivity contribution in [3.05, 3.63) is 52.4 Å². The van der Waals surface area contributed by atoms with Crippen LogP contribution < -0.4 is 5.32 Å². The first kappa shape index (κ1) is 13.9. The highest BCUT2D eigenvalue weighted by molar-refractivity contribution is 7.09. The minimum Gasteiger partial charge on any atom is -0.339 e. The molecule has 3 rings (SSSR count). The van der Waals surface area contributed by atoms with Crippen molar-refractivity contribution in [1.29, 1.82) is 0 Å². The van der Waals surface area contributed by atoms with Gasteiger partial charge >= 0.3 is 0 Å². The number of hydrogen-bond donors (Lipinski definition) is 1. The van der Waals surface area contributed by atoms with Gasteiger partial charge in [0.15, 0.2) is 5.82 Å². The summed E-state index contributed by atoms with van der Waals surface area (Å²) in [5.41, 5.74) is 2.19. The van der Waals surface area contributed by atoms with Crippen LogP contribution in [0.4, 0.5) is 0 Å². The molecule has 21 heavy (non-hydrogen) atoms. The third-order valence-electron chi connectivity index (χ3n) is 2.98. The maximum atomic E-state index is 5.06. The molecule has 5 nitrogen and oxygen atoms in total. The Morgan fingerprint density at radius 1 is 1.19 bits per heavy atom. The topological polar surface area (TPSA) is 63.8 Å². The lowest BCUT2D eigenvalue weighted by Crippen LogP contribution is -2.16. The number of thiazole rings is 1. The quantitative estimate of drug-likeness (QED) is 0.709. The normalized spacial score (nSPS) is 10.9. The van der Waals surface area contributed by atoms with Crippen molar-refractivity contribution in [3.63, 3.8) is 0 Å². The molecule has 0 spiro atoms. The van der Waals surface area contributed by atoms with Crippen LogP contribution >= 0.6 is 11.3 Å². The van der Waals surface area contributed by atoms with Crippen molar-refractivity contribution in [1.82, 2.24) is 20.4 Å². The lowest BCUT2D eigenvalue weighted by Gasteiger charge is -1.99. The fourth-order valence-electron chi connectivity index (χ4n) is 1.97. The SMILES string of the molecule is Cc1noc(CCNCc2nc(-c3ccccc3)cs2)n1. The van der Waals surface area contributed by atoms with Gasteiger partial charge in [-0.3, -0.25) is 0 Å². The molecule has 0 atom stereocenters. The Bertz CT molecular complexity index is 693. The average Bonchev–Trinajstić information content (AvgIpc) is 3.14. The van der Waals surface area contributed by atoms with E-state index in [2.05, 4.69) is 38.0 Å². The van der Waals surface area contributed by atoms with Crippen LogP contribution in [-0.2, 0) is 13.0 Å². The molecule has 3 aromatic rings. The number of rotatable bonds is 6. The largest absolute Gasteiger partial charge is 0.339 e. The summed E-state index contributed by atoms with van der Waals surface area (Å²) in [6, 6.07) is 10.2. The van der Waals surface area contributed by atoms with Crippen LogP contribution in [0.2, 0.25) is 0 Å². The molecular weight excluding hydrogens is 284 g/mol. The van der Waals surface area contributed by atoms with Gasteiger partial charge in [-0.2, -0.15) is 4.98 Å². The van der Waals surface area contributed by atoms with Crippen molar-refractivity contribution in [3.8, 4) is 11.3 Å². The van der Waals surface area contributed by atoms with E-state index in [1.54, 1.807) is 11.3 Å². The van der Waals surface area contributed by atoms with Gasteiger partial charge in [-0.25, -0.2) is 4.98 Å². The second-order valence-electron chi connectivity index (χ2n) is 4.65. The van der Waals surface area contributed by atoms with E-state index < -0.39 is 0 Å². The monoisotopic (exact) mass is 300 g/mol. The van der Waals surface area contributed by atoms with E-state index in [0.717, 1.165) is 35.8 Å². The van der Waals surface area contributed by atoms with Crippen LogP contribution in [-0.4, -0.2) is 21.7 Å². The number of nitrogens with one attached hydrogen (secondary N) is 1. The second-order valence-corrected chi connectivity index (χ2v) is 5.60. The van der Waals surface area contributed by atoms with Crippen molar-refractivity contribution in [2.45, 2.75) is 19.9 Å². The summed E-state index contributed by atoms with van der Waals surface area (Å²) >= 11 is 1.67. The molecule has 0 radical (unpaired) electrons. The van der Waals surface area contributed by atoms with Gasteiger partial charge in [-0.1, -0.05) is 35.5 Å². The maximum Gasteiger partial charge on any atom is 0.227 e. The Hall–Kier alpha value is -2.05. The minimum absolute atomic E-state index is 0.670.